The molecule has 1 aromatic rings. The lowest BCUT2D eigenvalue weighted by molar-refractivity contribution is -0.121. The quantitative estimate of drug-likeness (QED) is 0.685. The van der Waals surface area contributed by atoms with Crippen LogP contribution in [0.4, 0.5) is 0 Å². The molecule has 0 aliphatic carbocycles. The maximum atomic E-state index is 11.7. The summed E-state index contributed by atoms with van der Waals surface area (Å²) in [5, 5.41) is 6.13. The van der Waals surface area contributed by atoms with E-state index < -0.39 is 0 Å². The van der Waals surface area contributed by atoms with E-state index in [4.69, 9.17) is 4.74 Å². The van der Waals surface area contributed by atoms with Gasteiger partial charge in [0.1, 0.15) is 5.75 Å². The molecule has 0 heterocycles. The number of halogens is 1. The van der Waals surface area contributed by atoms with Crippen LogP contribution in [0, 0.1) is 20.8 Å². The van der Waals surface area contributed by atoms with E-state index in [2.05, 4.69) is 37.5 Å². The van der Waals surface area contributed by atoms with E-state index >= 15 is 0 Å². The lowest BCUT2D eigenvalue weighted by Crippen LogP contribution is -2.32. The second-order valence-electron chi connectivity index (χ2n) is 5.40. The lowest BCUT2D eigenvalue weighted by atomic mass is 10.1. The van der Waals surface area contributed by atoms with Gasteiger partial charge in [-0.1, -0.05) is 13.0 Å². The predicted octanol–water partition coefficient (Wildman–Crippen LogP) is 2.92. The highest BCUT2D eigenvalue weighted by molar-refractivity contribution is 5.85. The molecule has 0 unspecified atom stereocenters. The fraction of sp³-hybridized carbons (Fsp3) is 0.588. The van der Waals surface area contributed by atoms with Gasteiger partial charge in [0, 0.05) is 13.1 Å². The van der Waals surface area contributed by atoms with Crippen molar-refractivity contribution in [1.82, 2.24) is 10.6 Å². The molecule has 0 aliphatic rings. The Labute approximate surface area is 140 Å². The zero-order chi connectivity index (χ0) is 15.7. The fourth-order valence-corrected chi connectivity index (χ4v) is 2.08. The highest BCUT2D eigenvalue weighted by Gasteiger charge is 2.06. The molecule has 0 aliphatic heterocycles. The molecule has 22 heavy (non-hydrogen) atoms. The summed E-state index contributed by atoms with van der Waals surface area (Å²) in [6.07, 6.45) is 1.50. The maximum Gasteiger partial charge on any atom is 0.223 e. The first-order valence-corrected chi connectivity index (χ1v) is 7.72. The van der Waals surface area contributed by atoms with Crippen LogP contribution in [0.2, 0.25) is 0 Å². The van der Waals surface area contributed by atoms with Crippen LogP contribution in [0.5, 0.6) is 5.75 Å². The standard InChI is InChI=1S/C17H28N2O2.ClH/c1-5-7-18-8-9-19-17(20)6-10-21-16-12-13(2)11-14(3)15(16)4;/h11-12,18H,5-10H2,1-4H3,(H,19,20);1H. The fourth-order valence-electron chi connectivity index (χ4n) is 2.08. The third kappa shape index (κ3) is 7.66. The zero-order valence-corrected chi connectivity index (χ0v) is 14.9. The Balaban J connectivity index is 0.00000441. The number of nitrogens with one attached hydrogen (secondary N) is 2. The van der Waals surface area contributed by atoms with E-state index in [0.29, 0.717) is 19.6 Å². The molecule has 0 saturated heterocycles. The lowest BCUT2D eigenvalue weighted by Gasteiger charge is -2.12. The van der Waals surface area contributed by atoms with Gasteiger partial charge in [-0.05, 0) is 56.5 Å². The molecule has 0 radical (unpaired) electrons. The van der Waals surface area contributed by atoms with E-state index in [0.717, 1.165) is 30.8 Å². The summed E-state index contributed by atoms with van der Waals surface area (Å²) in [7, 11) is 0. The number of ether oxygens (including phenoxy) is 1. The van der Waals surface area contributed by atoms with E-state index in [9.17, 15) is 4.79 Å². The number of hydrogen-bond donors (Lipinski definition) is 2. The second-order valence-corrected chi connectivity index (χ2v) is 5.40. The Bertz CT molecular complexity index is 464. The van der Waals surface area contributed by atoms with Crippen molar-refractivity contribution in [3.05, 3.63) is 28.8 Å². The summed E-state index contributed by atoms with van der Waals surface area (Å²) in [5.74, 6) is 0.917. The first-order valence-electron chi connectivity index (χ1n) is 7.72. The molecule has 1 amide bonds. The number of aryl methyl sites for hydroxylation is 2. The van der Waals surface area contributed by atoms with Crippen molar-refractivity contribution in [3.8, 4) is 5.75 Å². The number of amides is 1. The largest absolute Gasteiger partial charge is 0.493 e. The highest BCUT2D eigenvalue weighted by atomic mass is 35.5. The minimum absolute atomic E-state index is 0. The van der Waals surface area contributed by atoms with Crippen molar-refractivity contribution in [2.75, 3.05) is 26.2 Å². The van der Waals surface area contributed by atoms with Gasteiger partial charge in [-0.2, -0.15) is 0 Å². The van der Waals surface area contributed by atoms with Crippen LogP contribution in [-0.2, 0) is 4.79 Å². The monoisotopic (exact) mass is 328 g/mol. The van der Waals surface area contributed by atoms with Gasteiger partial charge in [0.05, 0.1) is 13.0 Å². The molecule has 0 fully saturated rings. The molecule has 5 heteroatoms. The third-order valence-corrected chi connectivity index (χ3v) is 3.40. The average Bonchev–Trinajstić information content (AvgIpc) is 2.43. The minimum Gasteiger partial charge on any atom is -0.493 e. The number of hydrogen-bond acceptors (Lipinski definition) is 3. The minimum atomic E-state index is 0. The van der Waals surface area contributed by atoms with Crippen molar-refractivity contribution in [2.45, 2.75) is 40.5 Å². The SMILES string of the molecule is CCCNCCNC(=O)CCOc1cc(C)cc(C)c1C.Cl. The first kappa shape index (κ1) is 20.7. The molecule has 1 aromatic carbocycles. The molecular formula is C17H29ClN2O2. The summed E-state index contributed by atoms with van der Waals surface area (Å²) in [4.78, 5) is 11.7. The smallest absolute Gasteiger partial charge is 0.223 e. The molecule has 1 rings (SSSR count). The Kier molecular flexibility index (Phi) is 10.7. The van der Waals surface area contributed by atoms with Crippen LogP contribution in [0.15, 0.2) is 12.1 Å². The maximum absolute atomic E-state index is 11.7. The van der Waals surface area contributed by atoms with Gasteiger partial charge in [0.15, 0.2) is 0 Å². The summed E-state index contributed by atoms with van der Waals surface area (Å²) in [6.45, 7) is 11.2. The summed E-state index contributed by atoms with van der Waals surface area (Å²) >= 11 is 0. The van der Waals surface area contributed by atoms with E-state index in [1.165, 1.54) is 11.1 Å². The average molecular weight is 329 g/mol. The second kappa shape index (κ2) is 11.3. The molecule has 0 aromatic heterocycles. The van der Waals surface area contributed by atoms with E-state index in [1.54, 1.807) is 0 Å². The Morgan fingerprint density at radius 3 is 2.55 bits per heavy atom. The van der Waals surface area contributed by atoms with E-state index in [1.807, 2.05) is 13.0 Å². The number of carbonyl (C=O) groups is 1. The predicted molar refractivity (Wildman–Crippen MR) is 94.2 cm³/mol. The van der Waals surface area contributed by atoms with Crippen molar-refractivity contribution in [1.29, 1.82) is 0 Å². The van der Waals surface area contributed by atoms with Crippen LogP contribution in [0.3, 0.4) is 0 Å². The normalized spacial score (nSPS) is 10.0. The summed E-state index contributed by atoms with van der Waals surface area (Å²) < 4.78 is 5.74. The Morgan fingerprint density at radius 1 is 1.14 bits per heavy atom. The van der Waals surface area contributed by atoms with Crippen LogP contribution >= 0.6 is 12.4 Å². The van der Waals surface area contributed by atoms with Crippen LogP contribution in [-0.4, -0.2) is 32.1 Å². The van der Waals surface area contributed by atoms with E-state index in [-0.39, 0.29) is 18.3 Å². The topological polar surface area (TPSA) is 50.4 Å². The molecular weight excluding hydrogens is 300 g/mol. The zero-order valence-electron chi connectivity index (χ0n) is 14.1. The molecule has 2 N–H and O–H groups in total. The van der Waals surface area contributed by atoms with Crippen molar-refractivity contribution in [2.24, 2.45) is 0 Å². The van der Waals surface area contributed by atoms with Gasteiger partial charge in [-0.25, -0.2) is 0 Å². The summed E-state index contributed by atoms with van der Waals surface area (Å²) in [6, 6.07) is 4.16. The molecule has 4 nitrogen and oxygen atoms in total. The van der Waals surface area contributed by atoms with Gasteiger partial charge < -0.3 is 15.4 Å². The van der Waals surface area contributed by atoms with Gasteiger partial charge >= 0.3 is 0 Å². The number of rotatable bonds is 9. The molecule has 0 atom stereocenters. The molecule has 0 bridgehead atoms. The van der Waals surface area contributed by atoms with Crippen molar-refractivity contribution < 1.29 is 9.53 Å². The molecule has 126 valence electrons. The Morgan fingerprint density at radius 2 is 1.86 bits per heavy atom. The summed E-state index contributed by atoms with van der Waals surface area (Å²) in [5.41, 5.74) is 3.54. The van der Waals surface area contributed by atoms with Crippen LogP contribution < -0.4 is 15.4 Å². The van der Waals surface area contributed by atoms with Gasteiger partial charge in [0.2, 0.25) is 5.91 Å². The molecule has 0 spiro atoms. The molecule has 0 saturated carbocycles. The number of carbonyl (C=O) groups excluding carboxylic acids is 1. The van der Waals surface area contributed by atoms with Gasteiger partial charge in [0.25, 0.3) is 0 Å². The number of benzene rings is 1. The Hall–Kier alpha value is -1.26. The highest BCUT2D eigenvalue weighted by Crippen LogP contribution is 2.23. The van der Waals surface area contributed by atoms with Gasteiger partial charge in [-0.3, -0.25) is 4.79 Å². The first-order chi connectivity index (χ1) is 10.0. The van der Waals surface area contributed by atoms with Crippen LogP contribution in [0.1, 0.15) is 36.5 Å². The van der Waals surface area contributed by atoms with Crippen LogP contribution in [0.25, 0.3) is 0 Å². The third-order valence-electron chi connectivity index (χ3n) is 3.40. The van der Waals surface area contributed by atoms with Crippen molar-refractivity contribution in [3.63, 3.8) is 0 Å². The van der Waals surface area contributed by atoms with Gasteiger partial charge in [-0.15, -0.1) is 12.4 Å². The van der Waals surface area contributed by atoms with Crippen molar-refractivity contribution >= 4 is 18.3 Å².